The Labute approximate surface area is 141 Å². The second-order valence-corrected chi connectivity index (χ2v) is 6.89. The molecule has 0 radical (unpaired) electrons. The number of imidazole rings is 1. The molecule has 0 spiro atoms. The van der Waals surface area contributed by atoms with Gasteiger partial charge in [-0.25, -0.2) is 14.3 Å². The van der Waals surface area contributed by atoms with E-state index in [1.54, 1.807) is 10.7 Å². The first-order valence-electron chi connectivity index (χ1n) is 7.82. The van der Waals surface area contributed by atoms with Crippen LogP contribution < -0.4 is 11.2 Å². The summed E-state index contributed by atoms with van der Waals surface area (Å²) in [4.78, 5) is 30.0. The summed E-state index contributed by atoms with van der Waals surface area (Å²) in [7, 11) is 0. The lowest BCUT2D eigenvalue weighted by Gasteiger charge is -2.10. The smallest absolute Gasteiger partial charge is 0.274 e. The van der Waals surface area contributed by atoms with Crippen LogP contribution in [0.3, 0.4) is 0 Å². The van der Waals surface area contributed by atoms with Crippen LogP contribution in [0.1, 0.15) is 31.7 Å². The molecule has 1 N–H and O–H groups in total. The highest BCUT2D eigenvalue weighted by atomic mass is 35.5. The molecule has 0 amide bonds. The van der Waals surface area contributed by atoms with Crippen molar-refractivity contribution in [3.63, 3.8) is 0 Å². The van der Waals surface area contributed by atoms with E-state index in [1.165, 1.54) is 16.8 Å². The van der Waals surface area contributed by atoms with Crippen LogP contribution in [0, 0.1) is 11.8 Å². The van der Waals surface area contributed by atoms with E-state index in [4.69, 9.17) is 11.6 Å². The molecule has 0 bridgehead atoms. The molecule has 2 atom stereocenters. The molecule has 1 aliphatic rings. The number of fused-ring (bicyclic) bond motifs is 1. The van der Waals surface area contributed by atoms with Gasteiger partial charge in [-0.1, -0.05) is 25.4 Å². The van der Waals surface area contributed by atoms with E-state index in [1.807, 2.05) is 6.07 Å². The van der Waals surface area contributed by atoms with Gasteiger partial charge >= 0.3 is 5.69 Å². The van der Waals surface area contributed by atoms with E-state index in [0.29, 0.717) is 28.7 Å². The number of H-pyrrole nitrogens is 1. The van der Waals surface area contributed by atoms with Crippen molar-refractivity contribution in [1.29, 1.82) is 0 Å². The van der Waals surface area contributed by atoms with Crippen LogP contribution in [-0.4, -0.2) is 24.1 Å². The Morgan fingerprint density at radius 1 is 1.38 bits per heavy atom. The molecule has 0 aromatic carbocycles. The summed E-state index contributed by atoms with van der Waals surface area (Å²) in [5.41, 5.74) is 0.770. The zero-order valence-corrected chi connectivity index (χ0v) is 14.0. The van der Waals surface area contributed by atoms with Crippen molar-refractivity contribution in [1.82, 2.24) is 24.1 Å². The lowest BCUT2D eigenvalue weighted by Crippen LogP contribution is -2.28. The number of halogens is 1. The first kappa shape index (κ1) is 15.1. The summed E-state index contributed by atoms with van der Waals surface area (Å²) in [5.74, 6) is 1.96. The maximum atomic E-state index is 12.1. The molecule has 0 unspecified atom stereocenters. The van der Waals surface area contributed by atoms with E-state index < -0.39 is 11.2 Å². The van der Waals surface area contributed by atoms with Gasteiger partial charge < -0.3 is 0 Å². The Morgan fingerprint density at radius 2 is 2.17 bits per heavy atom. The number of nitrogens with one attached hydrogen (secondary N) is 1. The highest BCUT2D eigenvalue weighted by molar-refractivity contribution is 6.29. The van der Waals surface area contributed by atoms with Crippen molar-refractivity contribution in [2.45, 2.75) is 26.2 Å². The zero-order chi connectivity index (χ0) is 17.0. The van der Waals surface area contributed by atoms with Gasteiger partial charge in [0.1, 0.15) is 0 Å². The van der Waals surface area contributed by atoms with Crippen LogP contribution in [-0.2, 0) is 0 Å². The fourth-order valence-corrected chi connectivity index (χ4v) is 3.42. The highest BCUT2D eigenvalue weighted by Crippen LogP contribution is 2.52. The third kappa shape index (κ3) is 2.36. The molecule has 0 saturated heterocycles. The summed E-state index contributed by atoms with van der Waals surface area (Å²) in [6.45, 7) is 4.41. The van der Waals surface area contributed by atoms with Crippen LogP contribution in [0.25, 0.3) is 11.5 Å². The van der Waals surface area contributed by atoms with E-state index >= 15 is 0 Å². The first-order valence-corrected chi connectivity index (χ1v) is 8.20. The topological polar surface area (TPSA) is 85.0 Å². The minimum atomic E-state index is -0.534. The van der Waals surface area contributed by atoms with Crippen LogP contribution in [0.5, 0.6) is 0 Å². The molecule has 7 nitrogen and oxygen atoms in total. The standard InChI is InChI=1S/C16H16ClN5O2/c1-8(2)9-5-10(9)11-6-13(20-22-12(17)7-18-15(11)22)21-4-3-14(23)19-16(21)24/h3-4,6-10H,5H2,1-2H3,(H,19,23,24)/t9-,10+/m1/s1. The number of aromatic amines is 1. The lowest BCUT2D eigenvalue weighted by atomic mass is 10.0. The van der Waals surface area contributed by atoms with Crippen molar-refractivity contribution in [3.05, 3.63) is 56.1 Å². The first-order chi connectivity index (χ1) is 11.5. The third-order valence-electron chi connectivity index (χ3n) is 4.61. The van der Waals surface area contributed by atoms with Gasteiger partial charge in [-0.15, -0.1) is 5.10 Å². The average molecular weight is 346 g/mol. The number of rotatable bonds is 3. The minimum absolute atomic E-state index is 0.381. The van der Waals surface area contributed by atoms with Crippen molar-refractivity contribution in [3.8, 4) is 5.82 Å². The predicted octanol–water partition coefficient (Wildman–Crippen LogP) is 1.98. The van der Waals surface area contributed by atoms with E-state index in [9.17, 15) is 9.59 Å². The quantitative estimate of drug-likeness (QED) is 0.786. The molecule has 3 aromatic rings. The normalized spacial score (nSPS) is 20.0. The molecular weight excluding hydrogens is 330 g/mol. The van der Waals surface area contributed by atoms with Gasteiger partial charge in [-0.2, -0.15) is 0 Å². The van der Waals surface area contributed by atoms with Crippen molar-refractivity contribution >= 4 is 17.2 Å². The van der Waals surface area contributed by atoms with Gasteiger partial charge in [0.2, 0.25) is 0 Å². The Hall–Kier alpha value is -2.41. The zero-order valence-electron chi connectivity index (χ0n) is 13.2. The molecule has 3 aromatic heterocycles. The van der Waals surface area contributed by atoms with Crippen molar-refractivity contribution < 1.29 is 0 Å². The molecule has 1 saturated carbocycles. The predicted molar refractivity (Wildman–Crippen MR) is 89.9 cm³/mol. The molecule has 0 aliphatic heterocycles. The van der Waals surface area contributed by atoms with Gasteiger partial charge in [0, 0.05) is 17.8 Å². The molecule has 1 fully saturated rings. The molecular formula is C16H16ClN5O2. The third-order valence-corrected chi connectivity index (χ3v) is 4.87. The van der Waals surface area contributed by atoms with Crippen LogP contribution in [0.15, 0.2) is 34.1 Å². The molecule has 124 valence electrons. The Kier molecular flexibility index (Phi) is 3.35. The van der Waals surface area contributed by atoms with Gasteiger partial charge in [-0.05, 0) is 30.2 Å². The van der Waals surface area contributed by atoms with Crippen LogP contribution in [0.2, 0.25) is 5.15 Å². The number of nitrogens with zero attached hydrogens (tertiary/aromatic N) is 4. The van der Waals surface area contributed by atoms with Crippen LogP contribution in [0.4, 0.5) is 0 Å². The number of hydrogen-bond donors (Lipinski definition) is 1. The summed E-state index contributed by atoms with van der Waals surface area (Å²) in [6.07, 6.45) is 4.05. The molecule has 1 aliphatic carbocycles. The molecule has 8 heteroatoms. The second-order valence-electron chi connectivity index (χ2n) is 6.50. The maximum Gasteiger partial charge on any atom is 0.334 e. The van der Waals surface area contributed by atoms with Gasteiger partial charge in [0.05, 0.1) is 6.20 Å². The number of aromatic nitrogens is 5. The average Bonchev–Trinajstić information content (AvgIpc) is 3.25. The largest absolute Gasteiger partial charge is 0.334 e. The monoisotopic (exact) mass is 345 g/mol. The van der Waals surface area contributed by atoms with E-state index in [-0.39, 0.29) is 0 Å². The van der Waals surface area contributed by atoms with Gasteiger partial charge in [0.25, 0.3) is 5.56 Å². The van der Waals surface area contributed by atoms with E-state index in [0.717, 1.165) is 17.6 Å². The molecule has 4 rings (SSSR count). The molecule has 24 heavy (non-hydrogen) atoms. The van der Waals surface area contributed by atoms with Crippen molar-refractivity contribution in [2.75, 3.05) is 0 Å². The Morgan fingerprint density at radius 3 is 2.83 bits per heavy atom. The summed E-state index contributed by atoms with van der Waals surface area (Å²) in [5, 5.41) is 4.78. The SMILES string of the molecule is CC(C)[C@H]1C[C@@H]1c1cc(-n2ccc(=O)[nH]c2=O)nn2c(Cl)cnc12. The molecule has 3 heterocycles. The second kappa shape index (κ2) is 5.31. The fraction of sp³-hybridized carbons (Fsp3) is 0.375. The van der Waals surface area contributed by atoms with Crippen molar-refractivity contribution in [2.24, 2.45) is 11.8 Å². The maximum absolute atomic E-state index is 12.1. The fourth-order valence-electron chi connectivity index (χ4n) is 3.25. The van der Waals surface area contributed by atoms with Gasteiger partial charge in [-0.3, -0.25) is 14.3 Å². The van der Waals surface area contributed by atoms with Crippen LogP contribution >= 0.6 is 11.6 Å². The minimum Gasteiger partial charge on any atom is -0.274 e. The number of hydrogen-bond acceptors (Lipinski definition) is 4. The van der Waals surface area contributed by atoms with Gasteiger partial charge in [0.15, 0.2) is 16.6 Å². The summed E-state index contributed by atoms with van der Waals surface area (Å²) >= 11 is 6.19. The Bertz CT molecular complexity index is 1050. The lowest BCUT2D eigenvalue weighted by molar-refractivity contribution is 0.548. The Balaban J connectivity index is 1.93. The summed E-state index contributed by atoms with van der Waals surface area (Å²) in [6, 6.07) is 3.15. The summed E-state index contributed by atoms with van der Waals surface area (Å²) < 4.78 is 2.84. The van der Waals surface area contributed by atoms with E-state index in [2.05, 4.69) is 28.9 Å². The highest BCUT2D eigenvalue weighted by Gasteiger charge is 2.42.